The first-order chi connectivity index (χ1) is 7.98. The molecule has 0 amide bonds. The molecule has 1 aromatic rings. The summed E-state index contributed by atoms with van der Waals surface area (Å²) in [6.07, 6.45) is 1.68. The summed E-state index contributed by atoms with van der Waals surface area (Å²) in [5.74, 6) is 0.498. The lowest BCUT2D eigenvalue weighted by Crippen LogP contribution is -2.25. The Bertz CT molecular complexity index is 338. The lowest BCUT2D eigenvalue weighted by atomic mass is 9.98. The van der Waals surface area contributed by atoms with Crippen LogP contribution < -0.4 is 10.5 Å². The molecule has 5 nitrogen and oxygen atoms in total. The Morgan fingerprint density at radius 2 is 2.00 bits per heavy atom. The van der Waals surface area contributed by atoms with E-state index in [2.05, 4.69) is 10.2 Å². The van der Waals surface area contributed by atoms with Gasteiger partial charge in [0.1, 0.15) is 0 Å². The molecule has 5 heteroatoms. The molecule has 2 N–H and O–H groups in total. The van der Waals surface area contributed by atoms with Crippen LogP contribution in [0.4, 0.5) is 0 Å². The SMILES string of the molecule is COc1ccc(C(N)CCC(C)(C)OC)nn1. The minimum absolute atomic E-state index is 0.122. The van der Waals surface area contributed by atoms with Crippen molar-refractivity contribution in [2.75, 3.05) is 14.2 Å². The van der Waals surface area contributed by atoms with Gasteiger partial charge in [0.2, 0.25) is 5.88 Å². The zero-order valence-corrected chi connectivity index (χ0v) is 10.9. The topological polar surface area (TPSA) is 70.3 Å². The van der Waals surface area contributed by atoms with Crippen molar-refractivity contribution in [1.29, 1.82) is 0 Å². The highest BCUT2D eigenvalue weighted by molar-refractivity contribution is 5.13. The van der Waals surface area contributed by atoms with Gasteiger partial charge in [0.25, 0.3) is 0 Å². The number of nitrogens with zero attached hydrogens (tertiary/aromatic N) is 2. The monoisotopic (exact) mass is 239 g/mol. The van der Waals surface area contributed by atoms with Crippen LogP contribution in [0.25, 0.3) is 0 Å². The maximum absolute atomic E-state index is 6.05. The first-order valence-corrected chi connectivity index (χ1v) is 5.67. The maximum atomic E-state index is 6.05. The Kier molecular flexibility index (Phi) is 4.84. The average molecular weight is 239 g/mol. The third kappa shape index (κ3) is 4.28. The molecule has 0 saturated carbocycles. The van der Waals surface area contributed by atoms with Gasteiger partial charge in [-0.1, -0.05) is 0 Å². The molecule has 0 spiro atoms. The zero-order chi connectivity index (χ0) is 12.9. The Labute approximate surface area is 102 Å². The van der Waals surface area contributed by atoms with E-state index in [-0.39, 0.29) is 11.6 Å². The second-order valence-electron chi connectivity index (χ2n) is 4.61. The van der Waals surface area contributed by atoms with Gasteiger partial charge in [0.05, 0.1) is 18.4 Å². The van der Waals surface area contributed by atoms with Gasteiger partial charge in [-0.25, -0.2) is 0 Å². The van der Waals surface area contributed by atoms with Crippen molar-refractivity contribution < 1.29 is 9.47 Å². The normalized spacial score (nSPS) is 13.5. The molecule has 96 valence electrons. The highest BCUT2D eigenvalue weighted by atomic mass is 16.5. The third-order valence-electron chi connectivity index (χ3n) is 2.86. The van der Waals surface area contributed by atoms with Gasteiger partial charge >= 0.3 is 0 Å². The first-order valence-electron chi connectivity index (χ1n) is 5.67. The predicted molar refractivity (Wildman–Crippen MR) is 65.8 cm³/mol. The summed E-state index contributed by atoms with van der Waals surface area (Å²) < 4.78 is 10.3. The van der Waals surface area contributed by atoms with E-state index in [1.807, 2.05) is 19.9 Å². The van der Waals surface area contributed by atoms with Gasteiger partial charge in [-0.05, 0) is 32.8 Å². The summed E-state index contributed by atoms with van der Waals surface area (Å²) in [5.41, 5.74) is 6.67. The molecule has 0 aliphatic rings. The molecule has 1 unspecified atom stereocenters. The van der Waals surface area contributed by atoms with Gasteiger partial charge in [-0.2, -0.15) is 5.10 Å². The van der Waals surface area contributed by atoms with E-state index in [9.17, 15) is 0 Å². The molecule has 0 saturated heterocycles. The smallest absolute Gasteiger partial charge is 0.233 e. The number of rotatable bonds is 6. The van der Waals surface area contributed by atoms with Crippen molar-refractivity contribution in [3.63, 3.8) is 0 Å². The van der Waals surface area contributed by atoms with Crippen LogP contribution in [0.2, 0.25) is 0 Å². The number of hydrogen-bond acceptors (Lipinski definition) is 5. The number of nitrogens with two attached hydrogens (primary N) is 1. The Hall–Kier alpha value is -1.20. The van der Waals surface area contributed by atoms with E-state index in [1.54, 1.807) is 20.3 Å². The van der Waals surface area contributed by atoms with Gasteiger partial charge in [0, 0.05) is 19.2 Å². The standard InChI is InChI=1S/C12H21N3O2/c1-12(2,17-4)8-7-9(13)10-5-6-11(16-3)15-14-10/h5-6,9H,7-8,13H2,1-4H3. The quantitative estimate of drug-likeness (QED) is 0.818. The van der Waals surface area contributed by atoms with E-state index in [1.165, 1.54) is 0 Å². The van der Waals surface area contributed by atoms with E-state index in [0.717, 1.165) is 18.5 Å². The molecule has 1 aromatic heterocycles. The van der Waals surface area contributed by atoms with E-state index in [4.69, 9.17) is 15.2 Å². The maximum Gasteiger partial charge on any atom is 0.233 e. The molecule has 0 bridgehead atoms. The fraction of sp³-hybridized carbons (Fsp3) is 0.667. The van der Waals surface area contributed by atoms with Crippen molar-refractivity contribution in [2.24, 2.45) is 5.73 Å². The summed E-state index contributed by atoms with van der Waals surface area (Å²) in [6, 6.07) is 3.49. The van der Waals surface area contributed by atoms with Crippen LogP contribution >= 0.6 is 0 Å². The molecule has 1 atom stereocenters. The van der Waals surface area contributed by atoms with Crippen LogP contribution in [0.1, 0.15) is 38.4 Å². The molecule has 1 heterocycles. The predicted octanol–water partition coefficient (Wildman–Crippen LogP) is 1.69. The number of ether oxygens (including phenoxy) is 2. The fourth-order valence-electron chi connectivity index (χ4n) is 1.39. The fourth-order valence-corrected chi connectivity index (χ4v) is 1.39. The molecule has 17 heavy (non-hydrogen) atoms. The number of aromatic nitrogens is 2. The summed E-state index contributed by atoms with van der Waals surface area (Å²) in [6.45, 7) is 4.08. The van der Waals surface area contributed by atoms with Crippen LogP contribution in [0, 0.1) is 0 Å². The van der Waals surface area contributed by atoms with Crippen LogP contribution in [-0.2, 0) is 4.74 Å². The van der Waals surface area contributed by atoms with Crippen molar-refractivity contribution in [3.05, 3.63) is 17.8 Å². The molecule has 0 aliphatic heterocycles. The Morgan fingerprint density at radius 1 is 1.29 bits per heavy atom. The van der Waals surface area contributed by atoms with Gasteiger partial charge < -0.3 is 15.2 Å². The highest BCUT2D eigenvalue weighted by Crippen LogP contribution is 2.21. The van der Waals surface area contributed by atoms with Gasteiger partial charge in [-0.15, -0.1) is 5.10 Å². The Morgan fingerprint density at radius 3 is 2.47 bits per heavy atom. The lowest BCUT2D eigenvalue weighted by Gasteiger charge is -2.24. The van der Waals surface area contributed by atoms with Crippen LogP contribution in [-0.4, -0.2) is 30.0 Å². The molecule has 0 radical (unpaired) electrons. The van der Waals surface area contributed by atoms with Crippen LogP contribution in [0.5, 0.6) is 5.88 Å². The second-order valence-corrected chi connectivity index (χ2v) is 4.61. The van der Waals surface area contributed by atoms with Crippen molar-refractivity contribution in [3.8, 4) is 5.88 Å². The number of hydrogen-bond donors (Lipinski definition) is 1. The minimum atomic E-state index is -0.155. The van der Waals surface area contributed by atoms with Crippen molar-refractivity contribution in [2.45, 2.75) is 38.3 Å². The summed E-state index contributed by atoms with van der Waals surface area (Å²) in [7, 11) is 3.27. The number of methoxy groups -OCH3 is 2. The van der Waals surface area contributed by atoms with Crippen LogP contribution in [0.3, 0.4) is 0 Å². The largest absolute Gasteiger partial charge is 0.480 e. The third-order valence-corrected chi connectivity index (χ3v) is 2.86. The molecular formula is C12H21N3O2. The van der Waals surface area contributed by atoms with E-state index < -0.39 is 0 Å². The average Bonchev–Trinajstić information content (AvgIpc) is 2.36. The summed E-state index contributed by atoms with van der Waals surface area (Å²) >= 11 is 0. The lowest BCUT2D eigenvalue weighted by molar-refractivity contribution is 0.0124. The summed E-state index contributed by atoms with van der Waals surface area (Å²) in [5, 5.41) is 7.93. The second kappa shape index (κ2) is 5.93. The van der Waals surface area contributed by atoms with E-state index in [0.29, 0.717) is 5.88 Å². The summed E-state index contributed by atoms with van der Waals surface area (Å²) in [4.78, 5) is 0. The van der Waals surface area contributed by atoms with Crippen molar-refractivity contribution in [1.82, 2.24) is 10.2 Å². The molecular weight excluding hydrogens is 218 g/mol. The van der Waals surface area contributed by atoms with Crippen molar-refractivity contribution >= 4 is 0 Å². The molecule has 1 rings (SSSR count). The minimum Gasteiger partial charge on any atom is -0.480 e. The van der Waals surface area contributed by atoms with Gasteiger partial charge in [-0.3, -0.25) is 0 Å². The zero-order valence-electron chi connectivity index (χ0n) is 10.9. The van der Waals surface area contributed by atoms with E-state index >= 15 is 0 Å². The molecule has 0 aliphatic carbocycles. The molecule has 0 aromatic carbocycles. The Balaban J connectivity index is 2.54. The van der Waals surface area contributed by atoms with Gasteiger partial charge in [0.15, 0.2) is 0 Å². The first kappa shape index (κ1) is 13.9. The highest BCUT2D eigenvalue weighted by Gasteiger charge is 2.19. The van der Waals surface area contributed by atoms with Crippen LogP contribution in [0.15, 0.2) is 12.1 Å². The molecule has 0 fully saturated rings.